The van der Waals surface area contributed by atoms with Crippen LogP contribution in [0.2, 0.25) is 0 Å². The molecule has 21 heavy (non-hydrogen) atoms. The molecule has 0 saturated carbocycles. The molecule has 0 aliphatic carbocycles. The first-order chi connectivity index (χ1) is 10.1. The molecule has 0 spiro atoms. The Bertz CT molecular complexity index is 729. The lowest BCUT2D eigenvalue weighted by Gasteiger charge is -2.13. The summed E-state index contributed by atoms with van der Waals surface area (Å²) < 4.78 is 1.96. The molecular weight excluding hydrogens is 282 g/mol. The summed E-state index contributed by atoms with van der Waals surface area (Å²) in [6.07, 6.45) is 5.52. The maximum atomic E-state index is 4.50. The van der Waals surface area contributed by atoms with Crippen molar-refractivity contribution in [3.05, 3.63) is 52.6 Å². The van der Waals surface area contributed by atoms with Crippen molar-refractivity contribution in [2.24, 2.45) is 0 Å². The quantitative estimate of drug-likeness (QED) is 0.801. The fourth-order valence-corrected chi connectivity index (χ4v) is 2.84. The van der Waals surface area contributed by atoms with Crippen LogP contribution < -0.4 is 5.32 Å². The van der Waals surface area contributed by atoms with Crippen LogP contribution in [0.1, 0.15) is 29.5 Å². The Kier molecular flexibility index (Phi) is 3.70. The number of imidazole rings is 1. The second-order valence-corrected chi connectivity index (χ2v) is 5.97. The highest BCUT2D eigenvalue weighted by molar-refractivity contribution is 7.09. The SMILES string of the molecule is Cc1nc(C(C)Nc2ccc(-n3ccnc3C)nc2)cs1. The first-order valence-electron chi connectivity index (χ1n) is 6.78. The van der Waals surface area contributed by atoms with E-state index in [9.17, 15) is 0 Å². The Morgan fingerprint density at radius 1 is 1.24 bits per heavy atom. The van der Waals surface area contributed by atoms with Crippen molar-refractivity contribution in [1.29, 1.82) is 0 Å². The van der Waals surface area contributed by atoms with E-state index in [2.05, 4.69) is 32.6 Å². The van der Waals surface area contributed by atoms with Crippen molar-refractivity contribution in [1.82, 2.24) is 19.5 Å². The van der Waals surface area contributed by atoms with Gasteiger partial charge in [0.05, 0.1) is 28.6 Å². The van der Waals surface area contributed by atoms with E-state index in [-0.39, 0.29) is 6.04 Å². The molecule has 0 fully saturated rings. The fourth-order valence-electron chi connectivity index (χ4n) is 2.14. The summed E-state index contributed by atoms with van der Waals surface area (Å²) in [5, 5.41) is 6.59. The Morgan fingerprint density at radius 3 is 2.67 bits per heavy atom. The van der Waals surface area contributed by atoms with Crippen LogP contribution in [-0.4, -0.2) is 19.5 Å². The molecule has 1 N–H and O–H groups in total. The van der Waals surface area contributed by atoms with Crippen LogP contribution in [0.15, 0.2) is 36.1 Å². The van der Waals surface area contributed by atoms with Crippen molar-refractivity contribution < 1.29 is 0 Å². The van der Waals surface area contributed by atoms with Gasteiger partial charge in [0.1, 0.15) is 11.6 Å². The van der Waals surface area contributed by atoms with E-state index in [1.807, 2.05) is 42.9 Å². The predicted molar refractivity (Wildman–Crippen MR) is 85.0 cm³/mol. The fraction of sp³-hybridized carbons (Fsp3) is 0.267. The third kappa shape index (κ3) is 2.95. The number of nitrogens with one attached hydrogen (secondary N) is 1. The zero-order valence-electron chi connectivity index (χ0n) is 12.2. The number of aromatic nitrogens is 4. The van der Waals surface area contributed by atoms with E-state index in [1.54, 1.807) is 17.5 Å². The van der Waals surface area contributed by atoms with E-state index in [0.29, 0.717) is 0 Å². The molecule has 5 nitrogen and oxygen atoms in total. The molecule has 3 aromatic heterocycles. The molecule has 1 unspecified atom stereocenters. The van der Waals surface area contributed by atoms with Crippen molar-refractivity contribution in [3.63, 3.8) is 0 Å². The minimum Gasteiger partial charge on any atom is -0.376 e. The summed E-state index contributed by atoms with van der Waals surface area (Å²) in [5.41, 5.74) is 2.04. The maximum Gasteiger partial charge on any atom is 0.138 e. The minimum atomic E-state index is 0.164. The van der Waals surface area contributed by atoms with Gasteiger partial charge < -0.3 is 5.32 Å². The molecule has 0 saturated heterocycles. The van der Waals surface area contributed by atoms with Gasteiger partial charge in [0.2, 0.25) is 0 Å². The molecule has 6 heteroatoms. The van der Waals surface area contributed by atoms with Crippen molar-refractivity contribution in [2.75, 3.05) is 5.32 Å². The van der Waals surface area contributed by atoms with Gasteiger partial charge in [-0.25, -0.2) is 15.0 Å². The maximum absolute atomic E-state index is 4.50. The molecule has 3 rings (SSSR count). The third-order valence-electron chi connectivity index (χ3n) is 3.28. The monoisotopic (exact) mass is 299 g/mol. The van der Waals surface area contributed by atoms with Crippen LogP contribution >= 0.6 is 11.3 Å². The lowest BCUT2D eigenvalue weighted by Crippen LogP contribution is -2.08. The average molecular weight is 299 g/mol. The summed E-state index contributed by atoms with van der Waals surface area (Å²) in [4.78, 5) is 13.2. The number of rotatable bonds is 4. The highest BCUT2D eigenvalue weighted by Gasteiger charge is 2.09. The minimum absolute atomic E-state index is 0.164. The van der Waals surface area contributed by atoms with E-state index in [0.717, 1.165) is 28.0 Å². The van der Waals surface area contributed by atoms with Crippen molar-refractivity contribution >= 4 is 17.0 Å². The van der Waals surface area contributed by atoms with Crippen LogP contribution in [0.3, 0.4) is 0 Å². The van der Waals surface area contributed by atoms with Crippen molar-refractivity contribution in [2.45, 2.75) is 26.8 Å². The van der Waals surface area contributed by atoms with E-state index in [1.165, 1.54) is 0 Å². The number of hydrogen-bond acceptors (Lipinski definition) is 5. The number of anilines is 1. The molecule has 3 heterocycles. The molecule has 108 valence electrons. The Morgan fingerprint density at radius 2 is 2.10 bits per heavy atom. The van der Waals surface area contributed by atoms with Crippen LogP contribution in [0, 0.1) is 13.8 Å². The van der Waals surface area contributed by atoms with E-state index in [4.69, 9.17) is 0 Å². The van der Waals surface area contributed by atoms with Gasteiger partial charge in [-0.2, -0.15) is 0 Å². The van der Waals surface area contributed by atoms with Crippen LogP contribution in [-0.2, 0) is 0 Å². The topological polar surface area (TPSA) is 55.6 Å². The smallest absolute Gasteiger partial charge is 0.138 e. The molecule has 1 atom stereocenters. The van der Waals surface area contributed by atoms with Crippen LogP contribution in [0.5, 0.6) is 0 Å². The molecule has 0 aliphatic rings. The van der Waals surface area contributed by atoms with Crippen molar-refractivity contribution in [3.8, 4) is 5.82 Å². The second kappa shape index (κ2) is 5.65. The standard InChI is InChI=1S/C15H17N5S/c1-10(14-9-21-12(3)19-14)18-13-4-5-15(17-8-13)20-7-6-16-11(20)2/h4-10,18H,1-3H3. The van der Waals surface area contributed by atoms with Gasteiger partial charge in [0.25, 0.3) is 0 Å². The van der Waals surface area contributed by atoms with E-state index < -0.39 is 0 Å². The van der Waals surface area contributed by atoms with Gasteiger partial charge in [-0.1, -0.05) is 0 Å². The largest absolute Gasteiger partial charge is 0.376 e. The highest BCUT2D eigenvalue weighted by atomic mass is 32.1. The first kappa shape index (κ1) is 13.8. The average Bonchev–Trinajstić information content (AvgIpc) is 3.08. The van der Waals surface area contributed by atoms with Crippen LogP contribution in [0.4, 0.5) is 5.69 Å². The summed E-state index contributed by atoms with van der Waals surface area (Å²) >= 11 is 1.67. The van der Waals surface area contributed by atoms with Gasteiger partial charge in [0.15, 0.2) is 0 Å². The predicted octanol–water partition coefficient (Wildman–Crippen LogP) is 3.51. The Labute approximate surface area is 127 Å². The molecule has 0 aliphatic heterocycles. The van der Waals surface area contributed by atoms with Gasteiger partial charge >= 0.3 is 0 Å². The first-order valence-corrected chi connectivity index (χ1v) is 7.66. The number of pyridine rings is 1. The lowest BCUT2D eigenvalue weighted by molar-refractivity contribution is 0.842. The molecular formula is C15H17N5S. The van der Waals surface area contributed by atoms with Gasteiger partial charge in [-0.05, 0) is 32.9 Å². The number of aryl methyl sites for hydroxylation is 2. The zero-order chi connectivity index (χ0) is 14.8. The third-order valence-corrected chi connectivity index (χ3v) is 4.08. The summed E-state index contributed by atoms with van der Waals surface area (Å²) in [6, 6.07) is 4.17. The number of hydrogen-bond donors (Lipinski definition) is 1. The normalized spacial score (nSPS) is 12.3. The molecule has 0 aromatic carbocycles. The Balaban J connectivity index is 1.74. The van der Waals surface area contributed by atoms with E-state index >= 15 is 0 Å². The molecule has 3 aromatic rings. The zero-order valence-corrected chi connectivity index (χ0v) is 13.1. The number of nitrogens with zero attached hydrogens (tertiary/aromatic N) is 4. The van der Waals surface area contributed by atoms with Crippen LogP contribution in [0.25, 0.3) is 5.82 Å². The van der Waals surface area contributed by atoms with Gasteiger partial charge in [-0.15, -0.1) is 11.3 Å². The molecule has 0 radical (unpaired) electrons. The van der Waals surface area contributed by atoms with Gasteiger partial charge in [0, 0.05) is 17.8 Å². The Hall–Kier alpha value is -2.21. The van der Waals surface area contributed by atoms with Gasteiger partial charge in [-0.3, -0.25) is 4.57 Å². The highest BCUT2D eigenvalue weighted by Crippen LogP contribution is 2.21. The number of thiazole rings is 1. The molecule has 0 amide bonds. The molecule has 0 bridgehead atoms. The summed E-state index contributed by atoms with van der Waals surface area (Å²) in [7, 11) is 0. The summed E-state index contributed by atoms with van der Waals surface area (Å²) in [5.74, 6) is 1.79. The summed E-state index contributed by atoms with van der Waals surface area (Å²) in [6.45, 7) is 6.08. The lowest BCUT2D eigenvalue weighted by atomic mass is 10.2. The second-order valence-electron chi connectivity index (χ2n) is 4.91.